The molecular weight excluding hydrogens is 402 g/mol. The number of halogens is 1. The van der Waals surface area contributed by atoms with Crippen molar-refractivity contribution in [2.45, 2.75) is 19.2 Å². The Labute approximate surface area is 159 Å². The number of ether oxygens (including phenoxy) is 1. The Bertz CT molecular complexity index is 710. The van der Waals surface area contributed by atoms with Crippen molar-refractivity contribution < 1.29 is 14.3 Å². The van der Waals surface area contributed by atoms with Crippen molar-refractivity contribution in [3.8, 4) is 5.75 Å². The van der Waals surface area contributed by atoms with Gasteiger partial charge in [0.1, 0.15) is 24.2 Å². The molecule has 0 aliphatic carbocycles. The zero-order chi connectivity index (χ0) is 17.5. The first-order valence-corrected chi connectivity index (χ1v) is 9.70. The van der Waals surface area contributed by atoms with Gasteiger partial charge in [0.2, 0.25) is 0 Å². The summed E-state index contributed by atoms with van der Waals surface area (Å²) in [6.45, 7) is 2.17. The molecule has 1 atom stereocenters. The Kier molecular flexibility index (Phi) is 6.69. The number of nitrogens with zero attached hydrogens (tertiary/aromatic N) is 1. The molecule has 0 spiro atoms. The van der Waals surface area contributed by atoms with Crippen LogP contribution in [-0.2, 0) is 13.1 Å². The monoisotopic (exact) mass is 421 g/mol. The lowest BCUT2D eigenvalue weighted by molar-refractivity contribution is 0.0608. The molecule has 3 aromatic rings. The second-order valence-corrected chi connectivity index (χ2v) is 7.70. The van der Waals surface area contributed by atoms with Crippen molar-refractivity contribution in [2.75, 3.05) is 13.2 Å². The maximum atomic E-state index is 10.4. The molecule has 0 bridgehead atoms. The molecular formula is C19H20BrNO3S. The van der Waals surface area contributed by atoms with E-state index in [1.165, 1.54) is 4.88 Å². The van der Waals surface area contributed by atoms with Gasteiger partial charge in [-0.3, -0.25) is 4.90 Å². The number of hydrogen-bond acceptors (Lipinski definition) is 5. The third-order valence-electron chi connectivity index (χ3n) is 3.63. The van der Waals surface area contributed by atoms with Gasteiger partial charge in [-0.1, -0.05) is 28.1 Å². The Morgan fingerprint density at radius 1 is 1.16 bits per heavy atom. The van der Waals surface area contributed by atoms with E-state index in [1.807, 2.05) is 42.5 Å². The Morgan fingerprint density at radius 3 is 2.80 bits per heavy atom. The van der Waals surface area contributed by atoms with Crippen molar-refractivity contribution >= 4 is 27.3 Å². The topological polar surface area (TPSA) is 45.8 Å². The van der Waals surface area contributed by atoms with Crippen LogP contribution in [0.4, 0.5) is 0 Å². The predicted octanol–water partition coefficient (Wildman–Crippen LogP) is 4.55. The molecule has 0 saturated carbocycles. The first-order valence-electron chi connectivity index (χ1n) is 8.02. The summed E-state index contributed by atoms with van der Waals surface area (Å²) in [5.74, 6) is 1.63. The molecule has 25 heavy (non-hydrogen) atoms. The largest absolute Gasteiger partial charge is 0.491 e. The maximum Gasteiger partial charge on any atom is 0.120 e. The molecule has 0 fully saturated rings. The minimum atomic E-state index is -0.589. The van der Waals surface area contributed by atoms with Crippen molar-refractivity contribution in [3.05, 3.63) is 75.3 Å². The number of thiophene rings is 1. The van der Waals surface area contributed by atoms with Gasteiger partial charge in [-0.05, 0) is 41.8 Å². The van der Waals surface area contributed by atoms with Gasteiger partial charge < -0.3 is 14.3 Å². The van der Waals surface area contributed by atoms with Crippen LogP contribution in [-0.4, -0.2) is 29.3 Å². The van der Waals surface area contributed by atoms with E-state index in [4.69, 9.17) is 9.15 Å². The lowest BCUT2D eigenvalue weighted by Gasteiger charge is -2.24. The molecule has 0 radical (unpaired) electrons. The summed E-state index contributed by atoms with van der Waals surface area (Å²) in [7, 11) is 0. The highest BCUT2D eigenvalue weighted by Gasteiger charge is 2.15. The first kappa shape index (κ1) is 18.2. The van der Waals surface area contributed by atoms with Crippen molar-refractivity contribution in [2.24, 2.45) is 0 Å². The molecule has 0 unspecified atom stereocenters. The predicted molar refractivity (Wildman–Crippen MR) is 103 cm³/mol. The van der Waals surface area contributed by atoms with Crippen LogP contribution < -0.4 is 4.74 Å². The Balaban J connectivity index is 1.56. The molecule has 132 valence electrons. The molecule has 4 nitrogen and oxygen atoms in total. The molecule has 0 aliphatic heterocycles. The van der Waals surface area contributed by atoms with E-state index >= 15 is 0 Å². The number of rotatable bonds is 9. The van der Waals surface area contributed by atoms with E-state index in [0.717, 1.165) is 22.5 Å². The standard InChI is InChI=1S/C19H20BrNO3S/c20-15-4-1-5-17(10-15)24-14-16(22)11-21(12-18-6-2-8-23-18)13-19-7-3-9-25-19/h1-10,16,22H,11-14H2/t16-/m0/s1. The average Bonchev–Trinajstić information content (AvgIpc) is 3.27. The van der Waals surface area contributed by atoms with Gasteiger partial charge in [-0.15, -0.1) is 11.3 Å². The zero-order valence-electron chi connectivity index (χ0n) is 13.7. The molecule has 0 amide bonds. The van der Waals surface area contributed by atoms with Gasteiger partial charge in [-0.2, -0.15) is 0 Å². The van der Waals surface area contributed by atoms with Crippen LogP contribution in [0.15, 0.2) is 69.1 Å². The molecule has 0 aliphatic rings. The molecule has 1 N–H and O–H groups in total. The average molecular weight is 422 g/mol. The quantitative estimate of drug-likeness (QED) is 0.550. The number of hydrogen-bond donors (Lipinski definition) is 1. The fraction of sp³-hybridized carbons (Fsp3) is 0.263. The van der Waals surface area contributed by atoms with Crippen molar-refractivity contribution in [3.63, 3.8) is 0 Å². The van der Waals surface area contributed by atoms with E-state index in [2.05, 4.69) is 32.3 Å². The van der Waals surface area contributed by atoms with Gasteiger partial charge >= 0.3 is 0 Å². The van der Waals surface area contributed by atoms with Gasteiger partial charge in [0.15, 0.2) is 0 Å². The van der Waals surface area contributed by atoms with E-state index in [9.17, 15) is 5.11 Å². The van der Waals surface area contributed by atoms with Gasteiger partial charge in [0, 0.05) is 22.4 Å². The summed E-state index contributed by atoms with van der Waals surface area (Å²) in [5.41, 5.74) is 0. The highest BCUT2D eigenvalue weighted by Crippen LogP contribution is 2.19. The van der Waals surface area contributed by atoms with E-state index < -0.39 is 6.10 Å². The van der Waals surface area contributed by atoms with Crippen LogP contribution in [0, 0.1) is 0 Å². The van der Waals surface area contributed by atoms with Crippen LogP contribution in [0.1, 0.15) is 10.6 Å². The first-order chi connectivity index (χ1) is 12.2. The smallest absolute Gasteiger partial charge is 0.120 e. The second-order valence-electron chi connectivity index (χ2n) is 5.75. The second kappa shape index (κ2) is 9.20. The van der Waals surface area contributed by atoms with Crippen LogP contribution in [0.25, 0.3) is 0 Å². The normalized spacial score (nSPS) is 12.4. The van der Waals surface area contributed by atoms with E-state index in [1.54, 1.807) is 17.6 Å². The van der Waals surface area contributed by atoms with Gasteiger partial charge in [0.05, 0.1) is 12.8 Å². The number of benzene rings is 1. The lowest BCUT2D eigenvalue weighted by Crippen LogP contribution is -2.34. The lowest BCUT2D eigenvalue weighted by atomic mass is 10.3. The molecule has 1 aromatic carbocycles. The number of aliphatic hydroxyl groups excluding tert-OH is 1. The molecule has 0 saturated heterocycles. The van der Waals surface area contributed by atoms with E-state index in [0.29, 0.717) is 13.1 Å². The highest BCUT2D eigenvalue weighted by molar-refractivity contribution is 9.10. The number of aliphatic hydroxyl groups is 1. The van der Waals surface area contributed by atoms with Crippen LogP contribution in [0.3, 0.4) is 0 Å². The minimum Gasteiger partial charge on any atom is -0.491 e. The SMILES string of the molecule is O[C@H](COc1cccc(Br)c1)CN(Cc1ccco1)Cc1cccs1. The van der Waals surface area contributed by atoms with Crippen molar-refractivity contribution in [1.29, 1.82) is 0 Å². The fourth-order valence-electron chi connectivity index (χ4n) is 2.53. The summed E-state index contributed by atoms with van der Waals surface area (Å²) in [4.78, 5) is 3.42. The minimum absolute atomic E-state index is 0.246. The summed E-state index contributed by atoms with van der Waals surface area (Å²) in [5, 5.41) is 12.5. The number of furan rings is 1. The molecule has 2 aromatic heterocycles. The Hall–Kier alpha value is -1.60. The Morgan fingerprint density at radius 2 is 2.08 bits per heavy atom. The van der Waals surface area contributed by atoms with Gasteiger partial charge in [-0.25, -0.2) is 0 Å². The van der Waals surface area contributed by atoms with Crippen molar-refractivity contribution in [1.82, 2.24) is 4.90 Å². The highest BCUT2D eigenvalue weighted by atomic mass is 79.9. The summed E-state index contributed by atoms with van der Waals surface area (Å²) < 4.78 is 12.1. The molecule has 6 heteroatoms. The van der Waals surface area contributed by atoms with Crippen LogP contribution in [0.2, 0.25) is 0 Å². The molecule has 2 heterocycles. The van der Waals surface area contributed by atoms with Crippen LogP contribution in [0.5, 0.6) is 5.75 Å². The van der Waals surface area contributed by atoms with E-state index in [-0.39, 0.29) is 6.61 Å². The third-order valence-corrected chi connectivity index (χ3v) is 4.98. The fourth-order valence-corrected chi connectivity index (χ4v) is 3.66. The molecule has 3 rings (SSSR count). The summed E-state index contributed by atoms with van der Waals surface area (Å²) in [6.07, 6.45) is 1.08. The summed E-state index contributed by atoms with van der Waals surface area (Å²) in [6, 6.07) is 15.6. The third kappa shape index (κ3) is 6.01. The van der Waals surface area contributed by atoms with Gasteiger partial charge in [0.25, 0.3) is 0 Å². The summed E-state index contributed by atoms with van der Waals surface area (Å²) >= 11 is 5.13. The zero-order valence-corrected chi connectivity index (χ0v) is 16.1. The van der Waals surface area contributed by atoms with Crippen LogP contribution >= 0.6 is 27.3 Å². The maximum absolute atomic E-state index is 10.4.